The average molecular weight is 474 g/mol. The Labute approximate surface area is 203 Å². The monoisotopic (exact) mass is 473 g/mol. The Hall–Kier alpha value is -3.71. The summed E-state index contributed by atoms with van der Waals surface area (Å²) < 4.78 is 21.3. The number of carbonyl (C=O) groups is 1. The Morgan fingerprint density at radius 3 is 2.69 bits per heavy atom. The van der Waals surface area contributed by atoms with E-state index >= 15 is 0 Å². The number of imidazole rings is 1. The summed E-state index contributed by atoms with van der Waals surface area (Å²) in [5.74, 6) is 1.01. The van der Waals surface area contributed by atoms with Gasteiger partial charge in [0.1, 0.15) is 30.1 Å². The van der Waals surface area contributed by atoms with E-state index in [1.54, 1.807) is 17.0 Å². The van der Waals surface area contributed by atoms with Crippen molar-refractivity contribution in [1.82, 2.24) is 9.55 Å². The van der Waals surface area contributed by atoms with Crippen molar-refractivity contribution >= 4 is 22.6 Å². The number of amides is 1. The number of aryl methyl sites for hydroxylation is 2. The lowest BCUT2D eigenvalue weighted by atomic mass is 10.1. The number of rotatable bonds is 7. The van der Waals surface area contributed by atoms with Crippen molar-refractivity contribution in [3.63, 3.8) is 0 Å². The number of ether oxygens (including phenoxy) is 1. The molecule has 0 bridgehead atoms. The van der Waals surface area contributed by atoms with Gasteiger partial charge in [-0.25, -0.2) is 9.37 Å². The standard InChI is InChI=1S/C28H28FN3O3/c1-18-7-8-19(2)26(13-18)35-17-23(33)16-32-25-6-4-3-5-24(25)30-28(32)20-14-27(34)31(15-20)22-11-9-21(29)10-12-22/h3-13,20,23,33H,14-17H2,1-2H3/t20-,23-/m0/s1. The van der Waals surface area contributed by atoms with Crippen LogP contribution in [-0.4, -0.2) is 39.8 Å². The van der Waals surface area contributed by atoms with Gasteiger partial charge in [-0.3, -0.25) is 4.79 Å². The summed E-state index contributed by atoms with van der Waals surface area (Å²) in [4.78, 5) is 19.4. The van der Waals surface area contributed by atoms with Crippen LogP contribution in [0.15, 0.2) is 66.7 Å². The van der Waals surface area contributed by atoms with Gasteiger partial charge < -0.3 is 19.3 Å². The largest absolute Gasteiger partial charge is 0.491 e. The van der Waals surface area contributed by atoms with Gasteiger partial charge in [0.2, 0.25) is 5.91 Å². The summed E-state index contributed by atoms with van der Waals surface area (Å²) >= 11 is 0. The second-order valence-corrected chi connectivity index (χ2v) is 9.18. The third kappa shape index (κ3) is 4.77. The fourth-order valence-electron chi connectivity index (χ4n) is 4.66. The normalized spacial score (nSPS) is 16.7. The van der Waals surface area contributed by atoms with Gasteiger partial charge in [-0.2, -0.15) is 0 Å². The maximum Gasteiger partial charge on any atom is 0.227 e. The summed E-state index contributed by atoms with van der Waals surface area (Å²) in [5, 5.41) is 10.9. The predicted octanol–water partition coefficient (Wildman–Crippen LogP) is 4.75. The van der Waals surface area contributed by atoms with E-state index in [1.165, 1.54) is 12.1 Å². The van der Waals surface area contributed by atoms with Crippen LogP contribution in [0.25, 0.3) is 11.0 Å². The van der Waals surface area contributed by atoms with E-state index in [4.69, 9.17) is 9.72 Å². The van der Waals surface area contributed by atoms with Crippen LogP contribution < -0.4 is 9.64 Å². The van der Waals surface area contributed by atoms with Crippen LogP contribution in [0.3, 0.4) is 0 Å². The average Bonchev–Trinajstić information content (AvgIpc) is 3.41. The number of hydrogen-bond acceptors (Lipinski definition) is 4. The minimum absolute atomic E-state index is 0.0287. The molecule has 5 rings (SSSR count). The lowest BCUT2D eigenvalue weighted by molar-refractivity contribution is -0.117. The predicted molar refractivity (Wildman–Crippen MR) is 133 cm³/mol. The Morgan fingerprint density at radius 1 is 1.11 bits per heavy atom. The number of aliphatic hydroxyl groups is 1. The minimum atomic E-state index is -0.767. The van der Waals surface area contributed by atoms with Gasteiger partial charge in [0.05, 0.1) is 17.6 Å². The first-order valence-corrected chi connectivity index (χ1v) is 11.8. The van der Waals surface area contributed by atoms with Crippen molar-refractivity contribution in [2.75, 3.05) is 18.1 Å². The molecule has 1 amide bonds. The zero-order valence-corrected chi connectivity index (χ0v) is 19.8. The molecule has 1 aromatic heterocycles. The van der Waals surface area contributed by atoms with Crippen LogP contribution >= 0.6 is 0 Å². The summed E-state index contributed by atoms with van der Waals surface area (Å²) in [6.07, 6.45) is -0.466. The Balaban J connectivity index is 1.38. The molecule has 35 heavy (non-hydrogen) atoms. The molecule has 0 unspecified atom stereocenters. The molecule has 1 N–H and O–H groups in total. The Bertz CT molecular complexity index is 1370. The van der Waals surface area contributed by atoms with E-state index in [-0.39, 0.29) is 24.2 Å². The molecule has 0 aliphatic carbocycles. The van der Waals surface area contributed by atoms with Gasteiger partial charge in [-0.05, 0) is 67.4 Å². The number of carbonyl (C=O) groups excluding carboxylic acids is 1. The van der Waals surface area contributed by atoms with Gasteiger partial charge in [0.15, 0.2) is 0 Å². The van der Waals surface area contributed by atoms with Crippen LogP contribution in [0.1, 0.15) is 29.3 Å². The van der Waals surface area contributed by atoms with Crippen molar-refractivity contribution in [3.8, 4) is 5.75 Å². The Kier molecular flexibility index (Phi) is 6.26. The molecule has 3 aromatic carbocycles. The molecule has 0 radical (unpaired) electrons. The van der Waals surface area contributed by atoms with Gasteiger partial charge in [-0.15, -0.1) is 0 Å². The maximum absolute atomic E-state index is 13.4. The molecule has 6 nitrogen and oxygen atoms in total. The minimum Gasteiger partial charge on any atom is -0.491 e. The van der Waals surface area contributed by atoms with Gasteiger partial charge >= 0.3 is 0 Å². The van der Waals surface area contributed by atoms with E-state index in [2.05, 4.69) is 0 Å². The number of para-hydroxylation sites is 2. The van der Waals surface area contributed by atoms with E-state index in [1.807, 2.05) is 60.9 Å². The lowest BCUT2D eigenvalue weighted by Crippen LogP contribution is -2.26. The van der Waals surface area contributed by atoms with Crippen LogP contribution in [0.5, 0.6) is 5.75 Å². The molecule has 7 heteroatoms. The number of aliphatic hydroxyl groups excluding tert-OH is 1. The van der Waals surface area contributed by atoms with Crippen LogP contribution in [-0.2, 0) is 11.3 Å². The number of fused-ring (bicyclic) bond motifs is 1. The van der Waals surface area contributed by atoms with Crippen LogP contribution in [0.4, 0.5) is 10.1 Å². The van der Waals surface area contributed by atoms with Crippen LogP contribution in [0, 0.1) is 19.7 Å². The van der Waals surface area contributed by atoms with Crippen molar-refractivity contribution in [3.05, 3.63) is 89.5 Å². The number of aromatic nitrogens is 2. The van der Waals surface area contributed by atoms with Crippen molar-refractivity contribution in [2.45, 2.75) is 38.8 Å². The lowest BCUT2D eigenvalue weighted by Gasteiger charge is -2.19. The molecule has 0 saturated carbocycles. The van der Waals surface area contributed by atoms with Crippen molar-refractivity contribution in [2.24, 2.45) is 0 Å². The highest BCUT2D eigenvalue weighted by molar-refractivity contribution is 5.96. The number of hydrogen-bond donors (Lipinski definition) is 1. The quantitative estimate of drug-likeness (QED) is 0.421. The smallest absolute Gasteiger partial charge is 0.227 e. The topological polar surface area (TPSA) is 67.6 Å². The number of nitrogens with zero attached hydrogens (tertiary/aromatic N) is 3. The SMILES string of the molecule is Cc1ccc(C)c(OC[C@@H](O)Cn2c([C@H]3CC(=O)N(c4ccc(F)cc4)C3)nc3ccccc32)c1. The van der Waals surface area contributed by atoms with Gasteiger partial charge in [-0.1, -0.05) is 24.3 Å². The summed E-state index contributed by atoms with van der Waals surface area (Å²) in [5.41, 5.74) is 4.50. The molecule has 0 spiro atoms. The number of anilines is 1. The molecule has 1 aliphatic rings. The number of benzene rings is 3. The molecule has 1 saturated heterocycles. The first-order chi connectivity index (χ1) is 16.9. The van der Waals surface area contributed by atoms with E-state index in [0.29, 0.717) is 25.2 Å². The summed E-state index contributed by atoms with van der Waals surface area (Å²) in [7, 11) is 0. The molecular weight excluding hydrogens is 445 g/mol. The Morgan fingerprint density at radius 2 is 1.89 bits per heavy atom. The molecular formula is C28H28FN3O3. The first-order valence-electron chi connectivity index (χ1n) is 11.8. The number of halogens is 1. The molecule has 2 atom stereocenters. The summed E-state index contributed by atoms with van der Waals surface area (Å²) in [6.45, 7) is 4.86. The van der Waals surface area contributed by atoms with E-state index in [0.717, 1.165) is 33.7 Å². The zero-order chi connectivity index (χ0) is 24.5. The zero-order valence-electron chi connectivity index (χ0n) is 19.8. The van der Waals surface area contributed by atoms with Gasteiger partial charge in [0.25, 0.3) is 0 Å². The second kappa shape index (κ2) is 9.50. The summed E-state index contributed by atoms with van der Waals surface area (Å²) in [6, 6.07) is 19.7. The third-order valence-corrected chi connectivity index (χ3v) is 6.48. The highest BCUT2D eigenvalue weighted by Gasteiger charge is 2.35. The van der Waals surface area contributed by atoms with Crippen LogP contribution in [0.2, 0.25) is 0 Å². The van der Waals surface area contributed by atoms with Crippen molar-refractivity contribution < 1.29 is 19.0 Å². The van der Waals surface area contributed by atoms with Gasteiger partial charge in [0, 0.05) is 24.6 Å². The third-order valence-electron chi connectivity index (χ3n) is 6.48. The highest BCUT2D eigenvalue weighted by atomic mass is 19.1. The molecule has 4 aromatic rings. The first kappa shape index (κ1) is 23.1. The molecule has 1 fully saturated rings. The van der Waals surface area contributed by atoms with Crippen molar-refractivity contribution in [1.29, 1.82) is 0 Å². The maximum atomic E-state index is 13.4. The molecule has 1 aliphatic heterocycles. The fraction of sp³-hybridized carbons (Fsp3) is 0.286. The fourth-order valence-corrected chi connectivity index (χ4v) is 4.66. The highest BCUT2D eigenvalue weighted by Crippen LogP contribution is 2.33. The second-order valence-electron chi connectivity index (χ2n) is 9.18. The van der Waals surface area contributed by atoms with E-state index in [9.17, 15) is 14.3 Å². The molecule has 180 valence electrons. The van der Waals surface area contributed by atoms with E-state index < -0.39 is 6.10 Å². The molecule has 2 heterocycles.